The van der Waals surface area contributed by atoms with Crippen LogP contribution in [-0.2, 0) is 4.79 Å². The molecule has 0 aliphatic carbocycles. The van der Waals surface area contributed by atoms with E-state index in [9.17, 15) is 20.0 Å². The van der Waals surface area contributed by atoms with Crippen molar-refractivity contribution in [1.82, 2.24) is 0 Å². The van der Waals surface area contributed by atoms with Gasteiger partial charge in [-0.15, -0.1) is 11.6 Å². The predicted molar refractivity (Wildman–Crippen MR) is 117 cm³/mol. The average molecular weight is 457 g/mol. The van der Waals surface area contributed by atoms with E-state index in [0.717, 1.165) is 0 Å². The third kappa shape index (κ3) is 4.08. The second-order valence-electron chi connectivity index (χ2n) is 6.75. The van der Waals surface area contributed by atoms with Gasteiger partial charge in [0.05, 0.1) is 28.0 Å². The first-order valence-corrected chi connectivity index (χ1v) is 9.88. The number of aromatic hydroxyl groups is 1. The van der Waals surface area contributed by atoms with E-state index < -0.39 is 22.2 Å². The Labute approximate surface area is 186 Å². The van der Waals surface area contributed by atoms with E-state index in [1.807, 2.05) is 0 Å². The molecule has 1 amide bonds. The smallest absolute Gasteiger partial charge is 0.271 e. The number of nitro benzene ring substituents is 1. The number of anilines is 1. The Bertz CT molecular complexity index is 1220. The largest absolute Gasteiger partial charge is 0.508 e. The van der Waals surface area contributed by atoms with Crippen LogP contribution in [0.15, 0.2) is 77.0 Å². The quantitative estimate of drug-likeness (QED) is 0.165. The summed E-state index contributed by atoms with van der Waals surface area (Å²) in [4.78, 5) is 24.3. The minimum Gasteiger partial charge on any atom is -0.508 e. The maximum absolute atomic E-state index is 12.5. The minimum absolute atomic E-state index is 0.0831. The average Bonchev–Trinajstić information content (AvgIpc) is 2.76. The highest BCUT2D eigenvalue weighted by Crippen LogP contribution is 2.46. The molecule has 0 spiro atoms. The number of carbonyl (C=O) groups excluding carboxylic acids is 1. The molecule has 1 N–H and O–H groups in total. The number of hydrogen-bond acceptors (Lipinski definition) is 6. The molecule has 31 heavy (non-hydrogen) atoms. The maximum Gasteiger partial charge on any atom is 0.271 e. The summed E-state index contributed by atoms with van der Waals surface area (Å²) in [5.74, 6) is -0.502. The number of benzene rings is 3. The zero-order chi connectivity index (χ0) is 22.1. The van der Waals surface area contributed by atoms with Gasteiger partial charge in [0, 0.05) is 22.7 Å². The molecule has 0 aromatic heterocycles. The lowest BCUT2D eigenvalue weighted by Gasteiger charge is -2.44. The summed E-state index contributed by atoms with van der Waals surface area (Å²) in [6.07, 6.45) is 0. The second-order valence-corrected chi connectivity index (χ2v) is 7.66. The Morgan fingerprint density at radius 2 is 1.71 bits per heavy atom. The van der Waals surface area contributed by atoms with Crippen molar-refractivity contribution in [2.45, 2.75) is 11.4 Å². The van der Waals surface area contributed by atoms with Crippen molar-refractivity contribution in [1.29, 1.82) is 0 Å². The summed E-state index contributed by atoms with van der Waals surface area (Å²) in [5.41, 5.74) is 1.49. The number of hydrogen-bond donors (Lipinski definition) is 1. The fraction of sp³-hybridized carbons (Fsp3) is 0.0952. The van der Waals surface area contributed by atoms with Gasteiger partial charge in [0.25, 0.3) is 5.69 Å². The molecule has 0 bridgehead atoms. The predicted octanol–water partition coefficient (Wildman–Crippen LogP) is 6.06. The lowest BCUT2D eigenvalue weighted by Crippen LogP contribution is -2.56. The first-order valence-electron chi connectivity index (χ1n) is 9.07. The molecule has 3 aromatic rings. The van der Waals surface area contributed by atoms with Crippen LogP contribution in [0.3, 0.4) is 0 Å². The number of nitro groups is 1. The van der Waals surface area contributed by atoms with Gasteiger partial charge < -0.3 is 10.0 Å². The number of amides is 1. The monoisotopic (exact) mass is 456 g/mol. The molecule has 2 atom stereocenters. The highest BCUT2D eigenvalue weighted by atomic mass is 35.5. The van der Waals surface area contributed by atoms with Crippen molar-refractivity contribution in [2.75, 3.05) is 4.90 Å². The number of halogens is 2. The Balaban J connectivity index is 1.67. The first kappa shape index (κ1) is 20.8. The first-order chi connectivity index (χ1) is 14.8. The van der Waals surface area contributed by atoms with Gasteiger partial charge in [-0.1, -0.05) is 23.7 Å². The Morgan fingerprint density at radius 3 is 2.42 bits per heavy atom. The molecular weight excluding hydrogens is 443 g/mol. The molecule has 2 unspecified atom stereocenters. The highest BCUT2D eigenvalue weighted by Gasteiger charge is 2.49. The summed E-state index contributed by atoms with van der Waals surface area (Å²) >= 11 is 12.2. The fourth-order valence-electron chi connectivity index (χ4n) is 3.29. The van der Waals surface area contributed by atoms with Crippen LogP contribution in [-0.4, -0.2) is 21.3 Å². The number of alkyl halides is 1. The topological polar surface area (TPSA) is 108 Å². The van der Waals surface area contributed by atoms with Crippen LogP contribution in [0.4, 0.5) is 22.7 Å². The summed E-state index contributed by atoms with van der Waals surface area (Å²) in [6, 6.07) is 16.4. The van der Waals surface area contributed by atoms with Gasteiger partial charge in [0.2, 0.25) is 5.91 Å². The fourth-order valence-corrected chi connectivity index (χ4v) is 3.83. The lowest BCUT2D eigenvalue weighted by molar-refractivity contribution is -0.384. The van der Waals surface area contributed by atoms with Crippen LogP contribution in [0.2, 0.25) is 5.02 Å². The normalized spacial score (nSPS) is 18.3. The molecule has 4 rings (SSSR count). The third-order valence-corrected chi connectivity index (χ3v) is 5.43. The molecule has 1 aliphatic rings. The van der Waals surface area contributed by atoms with Crippen LogP contribution in [0.25, 0.3) is 0 Å². The van der Waals surface area contributed by atoms with E-state index in [4.69, 9.17) is 23.2 Å². The van der Waals surface area contributed by atoms with Crippen molar-refractivity contribution >= 4 is 51.9 Å². The van der Waals surface area contributed by atoms with E-state index in [2.05, 4.69) is 10.2 Å². The summed E-state index contributed by atoms with van der Waals surface area (Å²) in [6.45, 7) is 0. The second kappa shape index (κ2) is 8.33. The molecule has 10 heteroatoms. The number of nitrogens with zero attached hydrogens (tertiary/aromatic N) is 4. The van der Waals surface area contributed by atoms with Gasteiger partial charge in [-0.3, -0.25) is 14.9 Å². The van der Waals surface area contributed by atoms with Gasteiger partial charge in [0.15, 0.2) is 0 Å². The van der Waals surface area contributed by atoms with Crippen molar-refractivity contribution < 1.29 is 14.8 Å². The van der Waals surface area contributed by atoms with Crippen LogP contribution >= 0.6 is 23.2 Å². The van der Waals surface area contributed by atoms with Gasteiger partial charge in [-0.25, -0.2) is 0 Å². The number of non-ortho nitro benzene ring substituents is 1. The Kier molecular flexibility index (Phi) is 5.58. The van der Waals surface area contributed by atoms with E-state index in [1.54, 1.807) is 42.5 Å². The molecule has 8 nitrogen and oxygen atoms in total. The molecule has 1 fully saturated rings. The molecule has 1 aliphatic heterocycles. The van der Waals surface area contributed by atoms with E-state index in [1.165, 1.54) is 29.2 Å². The number of phenols is 1. The van der Waals surface area contributed by atoms with Gasteiger partial charge in [0.1, 0.15) is 11.1 Å². The molecule has 1 saturated heterocycles. The van der Waals surface area contributed by atoms with Gasteiger partial charge >= 0.3 is 0 Å². The van der Waals surface area contributed by atoms with Crippen molar-refractivity contribution in [2.24, 2.45) is 10.2 Å². The Morgan fingerprint density at radius 1 is 1.00 bits per heavy atom. The lowest BCUT2D eigenvalue weighted by atomic mass is 9.91. The molecular formula is C21H14Cl2N4O4. The third-order valence-electron chi connectivity index (χ3n) is 4.77. The number of carbonyl (C=O) groups is 1. The number of phenolic OH excluding ortho intramolecular Hbond substituents is 1. The summed E-state index contributed by atoms with van der Waals surface area (Å²) in [5, 5.41) is 29.4. The summed E-state index contributed by atoms with van der Waals surface area (Å²) in [7, 11) is 0. The molecule has 1 heterocycles. The van der Waals surface area contributed by atoms with Crippen LogP contribution in [0.5, 0.6) is 5.75 Å². The SMILES string of the molecule is O=C1C(Cl)C(c2cc(N=Nc3cccc(Cl)c3)ccc2O)N1c1cccc([N+](=O)[O-])c1. The highest BCUT2D eigenvalue weighted by molar-refractivity contribution is 6.37. The van der Waals surface area contributed by atoms with Crippen LogP contribution in [0.1, 0.15) is 11.6 Å². The molecule has 3 aromatic carbocycles. The van der Waals surface area contributed by atoms with Crippen LogP contribution in [0, 0.1) is 10.1 Å². The number of β-lactam (4-membered cyclic amide) rings is 1. The molecule has 156 valence electrons. The van der Waals surface area contributed by atoms with Crippen molar-refractivity contribution in [3.8, 4) is 5.75 Å². The van der Waals surface area contributed by atoms with Gasteiger partial charge in [-0.05, 0) is 42.5 Å². The maximum atomic E-state index is 12.5. The Hall–Kier alpha value is -3.49. The molecule has 0 saturated carbocycles. The molecule has 0 radical (unpaired) electrons. The zero-order valence-corrected chi connectivity index (χ0v) is 17.2. The zero-order valence-electron chi connectivity index (χ0n) is 15.7. The van der Waals surface area contributed by atoms with Crippen molar-refractivity contribution in [3.05, 3.63) is 87.4 Å². The minimum atomic E-state index is -0.940. The van der Waals surface area contributed by atoms with Gasteiger partial charge in [-0.2, -0.15) is 10.2 Å². The van der Waals surface area contributed by atoms with Crippen LogP contribution < -0.4 is 4.90 Å². The summed E-state index contributed by atoms with van der Waals surface area (Å²) < 4.78 is 0. The number of azo groups is 1. The van der Waals surface area contributed by atoms with E-state index >= 15 is 0 Å². The number of rotatable bonds is 5. The standard InChI is InChI=1S/C21H14Cl2N4O4/c22-12-3-1-4-13(9-12)24-25-14-7-8-18(28)17(10-14)20-19(23)21(29)26(20)15-5-2-6-16(11-15)27(30)31/h1-11,19-20,28H. The van der Waals surface area contributed by atoms with E-state index in [-0.39, 0.29) is 11.4 Å². The van der Waals surface area contributed by atoms with E-state index in [0.29, 0.717) is 27.6 Å². The van der Waals surface area contributed by atoms with Crippen molar-refractivity contribution in [3.63, 3.8) is 0 Å².